The summed E-state index contributed by atoms with van der Waals surface area (Å²) < 4.78 is 2.72. The van der Waals surface area contributed by atoms with E-state index in [2.05, 4.69) is 47.0 Å². The standard InChI is InChI=1S/C22H25N5OS3/c1-22(2,3)13-5-6-15-12(9-13)10-16(31-15)19-25-26-21(27(19)4)30-11-17-23-14-7-8-29-18(14)20(28)24-17/h7-8,10,13H,5-6,9,11H2,1-4H3,(H,23,24,28). The quantitative estimate of drug-likeness (QED) is 0.410. The van der Waals surface area contributed by atoms with Gasteiger partial charge in [-0.3, -0.25) is 4.79 Å². The Bertz CT molecular complexity index is 1310. The van der Waals surface area contributed by atoms with Crippen molar-refractivity contribution in [2.75, 3.05) is 0 Å². The Kier molecular flexibility index (Phi) is 5.30. The average molecular weight is 472 g/mol. The summed E-state index contributed by atoms with van der Waals surface area (Å²) >= 11 is 4.81. The second-order valence-corrected chi connectivity index (χ2v) is 12.2. The largest absolute Gasteiger partial charge is 0.309 e. The number of fused-ring (bicyclic) bond motifs is 2. The zero-order chi connectivity index (χ0) is 21.8. The van der Waals surface area contributed by atoms with Crippen LogP contribution in [0.1, 0.15) is 43.5 Å². The van der Waals surface area contributed by atoms with E-state index in [9.17, 15) is 4.79 Å². The second-order valence-electron chi connectivity index (χ2n) is 9.17. The number of hydrogen-bond acceptors (Lipinski definition) is 7. The van der Waals surface area contributed by atoms with Gasteiger partial charge in [-0.15, -0.1) is 32.9 Å². The molecule has 31 heavy (non-hydrogen) atoms. The lowest BCUT2D eigenvalue weighted by atomic mass is 9.72. The van der Waals surface area contributed by atoms with Crippen molar-refractivity contribution >= 4 is 44.7 Å². The van der Waals surface area contributed by atoms with Crippen molar-refractivity contribution in [3.8, 4) is 10.7 Å². The number of thiophene rings is 2. The van der Waals surface area contributed by atoms with Crippen LogP contribution in [0, 0.1) is 11.3 Å². The van der Waals surface area contributed by atoms with Crippen LogP contribution in [0.2, 0.25) is 0 Å². The number of aromatic amines is 1. The van der Waals surface area contributed by atoms with Crippen LogP contribution in [0.25, 0.3) is 20.9 Å². The predicted octanol–water partition coefficient (Wildman–Crippen LogP) is 5.28. The van der Waals surface area contributed by atoms with Crippen molar-refractivity contribution in [1.82, 2.24) is 24.7 Å². The highest BCUT2D eigenvalue weighted by Gasteiger charge is 2.30. The minimum absolute atomic E-state index is 0.0769. The van der Waals surface area contributed by atoms with Gasteiger partial charge in [0.2, 0.25) is 0 Å². The Hall–Kier alpha value is -1.97. The lowest BCUT2D eigenvalue weighted by Crippen LogP contribution is -2.26. The van der Waals surface area contributed by atoms with Gasteiger partial charge < -0.3 is 9.55 Å². The van der Waals surface area contributed by atoms with Gasteiger partial charge in [0.05, 0.1) is 16.1 Å². The minimum atomic E-state index is -0.0769. The molecule has 0 fully saturated rings. The molecule has 4 heterocycles. The van der Waals surface area contributed by atoms with E-state index in [0.29, 0.717) is 21.7 Å². The Balaban J connectivity index is 1.35. The molecule has 0 saturated heterocycles. The number of nitrogens with one attached hydrogen (secondary N) is 1. The lowest BCUT2D eigenvalue weighted by molar-refractivity contribution is 0.217. The molecule has 0 amide bonds. The van der Waals surface area contributed by atoms with E-state index in [-0.39, 0.29) is 5.56 Å². The summed E-state index contributed by atoms with van der Waals surface area (Å²) in [5.74, 6) is 2.83. The molecule has 162 valence electrons. The molecular formula is C22H25N5OS3. The molecule has 1 N–H and O–H groups in total. The topological polar surface area (TPSA) is 76.5 Å². The first-order valence-electron chi connectivity index (χ1n) is 10.4. The molecule has 1 aliphatic carbocycles. The number of thioether (sulfide) groups is 1. The van der Waals surface area contributed by atoms with E-state index in [1.807, 2.05) is 34.4 Å². The number of rotatable bonds is 4. The summed E-state index contributed by atoms with van der Waals surface area (Å²) in [5, 5.41) is 11.6. The Labute approximate surface area is 193 Å². The lowest BCUT2D eigenvalue weighted by Gasteiger charge is -2.33. The van der Waals surface area contributed by atoms with Crippen LogP contribution in [0.5, 0.6) is 0 Å². The highest BCUT2D eigenvalue weighted by molar-refractivity contribution is 7.98. The summed E-state index contributed by atoms with van der Waals surface area (Å²) in [7, 11) is 2.01. The molecular weight excluding hydrogens is 446 g/mol. The van der Waals surface area contributed by atoms with Crippen molar-refractivity contribution in [2.45, 2.75) is 50.9 Å². The zero-order valence-electron chi connectivity index (χ0n) is 18.1. The van der Waals surface area contributed by atoms with Crippen molar-refractivity contribution in [3.05, 3.63) is 44.1 Å². The SMILES string of the molecule is Cn1c(SCc2nc3ccsc3c(=O)[nH]2)nnc1-c1cc2c(s1)CCC(C(C)(C)C)C2. The Morgan fingerprint density at radius 3 is 2.97 bits per heavy atom. The maximum absolute atomic E-state index is 12.2. The Morgan fingerprint density at radius 2 is 2.16 bits per heavy atom. The normalized spacial score (nSPS) is 16.7. The third-order valence-corrected chi connectivity index (χ3v) is 9.23. The molecule has 6 nitrogen and oxygen atoms in total. The third-order valence-electron chi connectivity index (χ3n) is 6.06. The highest BCUT2D eigenvalue weighted by atomic mass is 32.2. The van der Waals surface area contributed by atoms with E-state index >= 15 is 0 Å². The van der Waals surface area contributed by atoms with Crippen molar-refractivity contribution in [1.29, 1.82) is 0 Å². The second kappa shape index (κ2) is 7.86. The number of nitrogens with zero attached hydrogens (tertiary/aromatic N) is 4. The molecule has 0 aromatic carbocycles. The number of aryl methyl sites for hydroxylation is 1. The van der Waals surface area contributed by atoms with Crippen LogP contribution >= 0.6 is 34.4 Å². The van der Waals surface area contributed by atoms with Gasteiger partial charge in [-0.2, -0.15) is 0 Å². The number of H-pyrrole nitrogens is 1. The third kappa shape index (κ3) is 3.99. The summed E-state index contributed by atoms with van der Waals surface area (Å²) in [6.07, 6.45) is 3.57. The first kappa shape index (κ1) is 20.9. The maximum atomic E-state index is 12.2. The van der Waals surface area contributed by atoms with Gasteiger partial charge in [0.15, 0.2) is 11.0 Å². The van der Waals surface area contributed by atoms with Gasteiger partial charge in [0, 0.05) is 11.9 Å². The van der Waals surface area contributed by atoms with E-state index in [0.717, 1.165) is 35.3 Å². The number of aromatic nitrogens is 5. The number of hydrogen-bond donors (Lipinski definition) is 1. The van der Waals surface area contributed by atoms with Crippen LogP contribution in [-0.2, 0) is 25.6 Å². The molecule has 1 unspecified atom stereocenters. The minimum Gasteiger partial charge on any atom is -0.309 e. The van der Waals surface area contributed by atoms with E-state index < -0.39 is 0 Å². The monoisotopic (exact) mass is 471 g/mol. The van der Waals surface area contributed by atoms with Crippen molar-refractivity contribution in [2.24, 2.45) is 18.4 Å². The van der Waals surface area contributed by atoms with Crippen molar-refractivity contribution < 1.29 is 0 Å². The molecule has 1 atom stereocenters. The van der Waals surface area contributed by atoms with Gasteiger partial charge >= 0.3 is 0 Å². The maximum Gasteiger partial charge on any atom is 0.268 e. The van der Waals surface area contributed by atoms with Gasteiger partial charge in [0.1, 0.15) is 10.5 Å². The molecule has 0 bridgehead atoms. The first-order chi connectivity index (χ1) is 14.8. The first-order valence-corrected chi connectivity index (χ1v) is 13.1. The molecule has 4 aromatic heterocycles. The summed E-state index contributed by atoms with van der Waals surface area (Å²) in [4.78, 5) is 22.3. The van der Waals surface area contributed by atoms with Crippen LogP contribution in [-0.4, -0.2) is 24.7 Å². The molecule has 0 radical (unpaired) electrons. The fourth-order valence-electron chi connectivity index (χ4n) is 4.15. The Morgan fingerprint density at radius 1 is 1.32 bits per heavy atom. The van der Waals surface area contributed by atoms with E-state index in [4.69, 9.17) is 0 Å². The molecule has 9 heteroatoms. The molecule has 0 saturated carbocycles. The van der Waals surface area contributed by atoms with Gasteiger partial charge in [-0.05, 0) is 53.7 Å². The smallest absolute Gasteiger partial charge is 0.268 e. The fraction of sp³-hybridized carbons (Fsp3) is 0.455. The van der Waals surface area contributed by atoms with Crippen molar-refractivity contribution in [3.63, 3.8) is 0 Å². The summed E-state index contributed by atoms with van der Waals surface area (Å²) in [6, 6.07) is 4.20. The van der Waals surface area contributed by atoms with Crippen LogP contribution < -0.4 is 5.56 Å². The summed E-state index contributed by atoms with van der Waals surface area (Å²) in [5.41, 5.74) is 2.50. The van der Waals surface area contributed by atoms with Gasteiger partial charge in [-0.25, -0.2) is 4.98 Å². The highest BCUT2D eigenvalue weighted by Crippen LogP contribution is 2.42. The van der Waals surface area contributed by atoms with Crippen LogP contribution in [0.15, 0.2) is 27.5 Å². The van der Waals surface area contributed by atoms with Gasteiger partial charge in [-0.1, -0.05) is 32.5 Å². The molecule has 4 aromatic rings. The summed E-state index contributed by atoms with van der Waals surface area (Å²) in [6.45, 7) is 7.04. The van der Waals surface area contributed by atoms with E-state index in [1.54, 1.807) is 0 Å². The predicted molar refractivity (Wildman–Crippen MR) is 129 cm³/mol. The average Bonchev–Trinajstić information content (AvgIpc) is 3.43. The molecule has 1 aliphatic rings. The fourth-order valence-corrected chi connectivity index (χ4v) is 6.89. The molecule has 5 rings (SSSR count). The van der Waals surface area contributed by atoms with Crippen LogP contribution in [0.3, 0.4) is 0 Å². The zero-order valence-corrected chi connectivity index (χ0v) is 20.5. The molecule has 0 aliphatic heterocycles. The van der Waals surface area contributed by atoms with Gasteiger partial charge in [0.25, 0.3) is 5.56 Å². The molecule has 0 spiro atoms. The van der Waals surface area contributed by atoms with Crippen LogP contribution in [0.4, 0.5) is 0 Å². The van der Waals surface area contributed by atoms with E-state index in [1.165, 1.54) is 44.8 Å².